The molecule has 0 saturated carbocycles. The van der Waals surface area contributed by atoms with Gasteiger partial charge < -0.3 is 14.4 Å². The van der Waals surface area contributed by atoms with Crippen LogP contribution in [0.2, 0.25) is 0 Å². The van der Waals surface area contributed by atoms with E-state index in [4.69, 9.17) is 4.74 Å². The van der Waals surface area contributed by atoms with Gasteiger partial charge in [-0.25, -0.2) is 13.2 Å². The molecule has 1 heterocycles. The van der Waals surface area contributed by atoms with Crippen molar-refractivity contribution in [1.29, 1.82) is 0 Å². The largest absolute Gasteiger partial charge is 0.466 e. The summed E-state index contributed by atoms with van der Waals surface area (Å²) in [4.78, 5) is 37.1. The Bertz CT molecular complexity index is 971. The van der Waals surface area contributed by atoms with Gasteiger partial charge in [0.1, 0.15) is 0 Å². The van der Waals surface area contributed by atoms with Gasteiger partial charge in [0.2, 0.25) is 15.9 Å². The fraction of sp³-hybridized carbons (Fsp3) is 0.500. The average molecular weight is 499 g/mol. The second kappa shape index (κ2) is 12.8. The molecule has 0 radical (unpaired) electrons. The van der Waals surface area contributed by atoms with Gasteiger partial charge in [-0.15, -0.1) is 0 Å². The van der Waals surface area contributed by atoms with E-state index in [1.165, 1.54) is 34.2 Å². The number of aryl methyl sites for hydroxylation is 1. The fourth-order valence-electron chi connectivity index (χ4n) is 3.20. The molecule has 0 spiro atoms. The number of ether oxygens (including phenoxy) is 2. The van der Waals surface area contributed by atoms with Gasteiger partial charge in [-0.2, -0.15) is 4.31 Å². The highest BCUT2D eigenvalue weighted by atomic mass is 32.2. The van der Waals surface area contributed by atoms with Crippen LogP contribution in [0.1, 0.15) is 32.3 Å². The van der Waals surface area contributed by atoms with E-state index in [1.807, 2.05) is 0 Å². The Morgan fingerprint density at radius 3 is 2.45 bits per heavy atom. The Balaban J connectivity index is 1.77. The first-order valence-electron chi connectivity index (χ1n) is 10.7. The summed E-state index contributed by atoms with van der Waals surface area (Å²) in [5, 5.41) is 0.532. The highest BCUT2D eigenvalue weighted by Crippen LogP contribution is 2.28. The van der Waals surface area contributed by atoms with Crippen molar-refractivity contribution in [2.45, 2.75) is 38.0 Å². The quantitative estimate of drug-likeness (QED) is 0.245. The summed E-state index contributed by atoms with van der Waals surface area (Å²) in [7, 11) is -2.23. The molecule has 1 amide bonds. The monoisotopic (exact) mass is 498 g/mol. The van der Waals surface area contributed by atoms with Gasteiger partial charge >= 0.3 is 11.9 Å². The lowest BCUT2D eigenvalue weighted by Crippen LogP contribution is -2.30. The molecule has 9 nitrogen and oxygen atoms in total. The number of hydrogen-bond acceptors (Lipinski definition) is 8. The van der Waals surface area contributed by atoms with Crippen molar-refractivity contribution in [3.63, 3.8) is 0 Å². The molecule has 0 unspecified atom stereocenters. The number of thioether (sulfide) groups is 1. The molecule has 0 aliphatic carbocycles. The van der Waals surface area contributed by atoms with E-state index in [2.05, 4.69) is 4.74 Å². The summed E-state index contributed by atoms with van der Waals surface area (Å²) in [5.41, 5.74) is 0.836. The summed E-state index contributed by atoms with van der Waals surface area (Å²) in [5.74, 6) is -0.741. The van der Waals surface area contributed by atoms with Crippen molar-refractivity contribution in [2.24, 2.45) is 0 Å². The van der Waals surface area contributed by atoms with Crippen LogP contribution < -0.4 is 0 Å². The van der Waals surface area contributed by atoms with Gasteiger partial charge in [-0.3, -0.25) is 9.59 Å². The van der Waals surface area contributed by atoms with E-state index in [-0.39, 0.29) is 35.6 Å². The molecule has 0 bridgehead atoms. The Morgan fingerprint density at radius 1 is 1.18 bits per heavy atom. The van der Waals surface area contributed by atoms with Crippen LogP contribution in [0.15, 0.2) is 40.3 Å². The SMILES string of the molecule is CCN(CC)S(=O)(=O)c1ccc(CCC(=O)OCCCN2C(=O)CS/C2=C\C(=O)OC)cc1. The van der Waals surface area contributed by atoms with Crippen LogP contribution in [-0.2, 0) is 40.3 Å². The zero-order chi connectivity index (χ0) is 24.4. The molecule has 0 aromatic heterocycles. The Labute approximate surface area is 199 Å². The highest BCUT2D eigenvalue weighted by molar-refractivity contribution is 8.04. The first-order valence-corrected chi connectivity index (χ1v) is 13.1. The lowest BCUT2D eigenvalue weighted by atomic mass is 10.1. The molecule has 0 N–H and O–H groups in total. The van der Waals surface area contributed by atoms with Crippen molar-refractivity contribution in [1.82, 2.24) is 9.21 Å². The summed E-state index contributed by atoms with van der Waals surface area (Å²) in [6, 6.07) is 6.52. The molecule has 182 valence electrons. The van der Waals surface area contributed by atoms with E-state index < -0.39 is 16.0 Å². The number of rotatable bonds is 12. The molecular weight excluding hydrogens is 468 g/mol. The maximum absolute atomic E-state index is 12.5. The summed E-state index contributed by atoms with van der Waals surface area (Å²) < 4.78 is 36.3. The Kier molecular flexibility index (Phi) is 10.4. The molecule has 1 saturated heterocycles. The van der Waals surface area contributed by atoms with Crippen molar-refractivity contribution in [3.05, 3.63) is 40.9 Å². The number of carbonyl (C=O) groups is 3. The molecule has 1 aromatic rings. The molecular formula is C22H30N2O7S2. The van der Waals surface area contributed by atoms with E-state index in [9.17, 15) is 22.8 Å². The molecule has 2 rings (SSSR count). The second-order valence-electron chi connectivity index (χ2n) is 7.15. The zero-order valence-corrected chi connectivity index (χ0v) is 20.7. The molecule has 1 aromatic carbocycles. The molecule has 1 aliphatic heterocycles. The third-order valence-corrected chi connectivity index (χ3v) is 8.12. The van der Waals surface area contributed by atoms with Gasteiger partial charge in [0.15, 0.2) is 0 Å². The molecule has 33 heavy (non-hydrogen) atoms. The fourth-order valence-corrected chi connectivity index (χ4v) is 5.61. The van der Waals surface area contributed by atoms with Crippen LogP contribution in [0, 0.1) is 0 Å². The van der Waals surface area contributed by atoms with Crippen LogP contribution in [-0.4, -0.2) is 74.6 Å². The third kappa shape index (κ3) is 7.58. The topological polar surface area (TPSA) is 110 Å². The molecule has 0 atom stereocenters. The summed E-state index contributed by atoms with van der Waals surface area (Å²) >= 11 is 1.27. The van der Waals surface area contributed by atoms with Crippen molar-refractivity contribution in [2.75, 3.05) is 39.1 Å². The number of esters is 2. The summed E-state index contributed by atoms with van der Waals surface area (Å²) in [6.07, 6.45) is 2.31. The Morgan fingerprint density at radius 2 is 1.85 bits per heavy atom. The van der Waals surface area contributed by atoms with Gasteiger partial charge in [-0.1, -0.05) is 37.7 Å². The van der Waals surface area contributed by atoms with E-state index >= 15 is 0 Å². The number of amides is 1. The third-order valence-electron chi connectivity index (χ3n) is 5.03. The maximum atomic E-state index is 12.5. The first kappa shape index (κ1) is 26.9. The number of carbonyl (C=O) groups excluding carboxylic acids is 3. The smallest absolute Gasteiger partial charge is 0.333 e. The van der Waals surface area contributed by atoms with Crippen LogP contribution >= 0.6 is 11.8 Å². The van der Waals surface area contributed by atoms with Gasteiger partial charge in [0.05, 0.1) is 35.5 Å². The minimum absolute atomic E-state index is 0.104. The molecule has 1 fully saturated rings. The number of methoxy groups -OCH3 is 1. The average Bonchev–Trinajstić information content (AvgIpc) is 3.14. The second-order valence-corrected chi connectivity index (χ2v) is 10.1. The van der Waals surface area contributed by atoms with Crippen LogP contribution in [0.3, 0.4) is 0 Å². The van der Waals surface area contributed by atoms with Crippen molar-refractivity contribution < 1.29 is 32.3 Å². The van der Waals surface area contributed by atoms with E-state index in [0.717, 1.165) is 5.56 Å². The van der Waals surface area contributed by atoms with Crippen molar-refractivity contribution >= 4 is 39.6 Å². The number of sulfonamides is 1. The van der Waals surface area contributed by atoms with Gasteiger partial charge in [0.25, 0.3) is 0 Å². The van der Waals surface area contributed by atoms with E-state index in [1.54, 1.807) is 38.1 Å². The van der Waals surface area contributed by atoms with Crippen molar-refractivity contribution in [3.8, 4) is 0 Å². The first-order chi connectivity index (χ1) is 15.7. The number of hydrogen-bond donors (Lipinski definition) is 0. The van der Waals surface area contributed by atoms with E-state index in [0.29, 0.717) is 37.5 Å². The normalized spacial score (nSPS) is 15.3. The molecule has 1 aliphatic rings. The van der Waals surface area contributed by atoms with Gasteiger partial charge in [0, 0.05) is 26.1 Å². The number of benzene rings is 1. The predicted molar refractivity (Wildman–Crippen MR) is 125 cm³/mol. The minimum atomic E-state index is -3.50. The van der Waals surface area contributed by atoms with Crippen LogP contribution in [0.5, 0.6) is 0 Å². The highest BCUT2D eigenvalue weighted by Gasteiger charge is 2.27. The lowest BCUT2D eigenvalue weighted by molar-refractivity contribution is -0.143. The number of nitrogens with zero attached hydrogens (tertiary/aromatic N) is 2. The molecule has 11 heteroatoms. The zero-order valence-electron chi connectivity index (χ0n) is 19.1. The van der Waals surface area contributed by atoms with Crippen LogP contribution in [0.25, 0.3) is 0 Å². The van der Waals surface area contributed by atoms with Crippen LogP contribution in [0.4, 0.5) is 0 Å². The standard InChI is InChI=1S/C22H30N2O7S2/c1-4-23(5-2)33(28,29)18-10-7-17(8-11-18)9-12-21(26)31-14-6-13-24-19(25)16-32-20(24)15-22(27)30-3/h7-8,10-11,15H,4-6,9,12-14,16H2,1-3H3/b20-15-. The maximum Gasteiger partial charge on any atom is 0.333 e. The Hall–Kier alpha value is -2.37. The predicted octanol–water partition coefficient (Wildman–Crippen LogP) is 2.17. The van der Waals surface area contributed by atoms with Gasteiger partial charge in [-0.05, 0) is 30.5 Å². The summed E-state index contributed by atoms with van der Waals surface area (Å²) in [6.45, 7) is 4.88. The minimum Gasteiger partial charge on any atom is -0.466 e. The lowest BCUT2D eigenvalue weighted by Gasteiger charge is -2.18.